The Bertz CT molecular complexity index is 445. The van der Waals surface area contributed by atoms with E-state index in [1.54, 1.807) is 6.92 Å². The number of sulfone groups is 1. The van der Waals surface area contributed by atoms with Crippen molar-refractivity contribution in [3.8, 4) is 0 Å². The Morgan fingerprint density at radius 1 is 1.44 bits per heavy atom. The maximum atomic E-state index is 12.9. The summed E-state index contributed by atoms with van der Waals surface area (Å²) in [5.41, 5.74) is 0. The van der Waals surface area contributed by atoms with Crippen LogP contribution in [-0.2, 0) is 9.84 Å². The van der Waals surface area contributed by atoms with Gasteiger partial charge >= 0.3 is 0 Å². The molecular formula is C11H16FNO2S. The highest BCUT2D eigenvalue weighted by atomic mass is 32.2. The van der Waals surface area contributed by atoms with Gasteiger partial charge in [-0.1, -0.05) is 13.0 Å². The van der Waals surface area contributed by atoms with Gasteiger partial charge in [-0.05, 0) is 31.7 Å². The Labute approximate surface area is 95.6 Å². The Morgan fingerprint density at radius 3 is 2.69 bits per heavy atom. The monoisotopic (exact) mass is 245 g/mol. The molecule has 0 aromatic heterocycles. The molecular weight excluding hydrogens is 229 g/mol. The maximum Gasteiger partial charge on any atom is 0.179 e. The fourth-order valence-electron chi connectivity index (χ4n) is 1.49. The molecule has 1 aromatic rings. The molecule has 0 heterocycles. The van der Waals surface area contributed by atoms with Crippen LogP contribution in [0.25, 0.3) is 0 Å². The predicted molar refractivity (Wildman–Crippen MR) is 61.6 cm³/mol. The van der Waals surface area contributed by atoms with Crippen LogP contribution >= 0.6 is 0 Å². The average Bonchev–Trinajstić information content (AvgIpc) is 2.17. The van der Waals surface area contributed by atoms with Crippen LogP contribution in [0.2, 0.25) is 0 Å². The lowest BCUT2D eigenvalue weighted by Crippen LogP contribution is -2.32. The third-order valence-electron chi connectivity index (χ3n) is 2.18. The fourth-order valence-corrected chi connectivity index (χ4v) is 3.04. The van der Waals surface area contributed by atoms with Gasteiger partial charge in [-0.15, -0.1) is 0 Å². The van der Waals surface area contributed by atoms with E-state index in [9.17, 15) is 12.8 Å². The van der Waals surface area contributed by atoms with E-state index in [1.165, 1.54) is 18.2 Å². The van der Waals surface area contributed by atoms with Crippen LogP contribution in [0.5, 0.6) is 0 Å². The molecule has 16 heavy (non-hydrogen) atoms. The van der Waals surface area contributed by atoms with Gasteiger partial charge in [0.25, 0.3) is 0 Å². The summed E-state index contributed by atoms with van der Waals surface area (Å²) in [4.78, 5) is 0.0391. The molecule has 0 spiro atoms. The standard InChI is InChI=1S/C11H16FNO2S/c1-3-13-9(2)8-16(14,15)11-6-4-5-10(12)7-11/h4-7,9,13H,3,8H2,1-2H3. The van der Waals surface area contributed by atoms with Crippen molar-refractivity contribution in [1.82, 2.24) is 5.32 Å². The molecule has 3 nitrogen and oxygen atoms in total. The van der Waals surface area contributed by atoms with Gasteiger partial charge in [-0.3, -0.25) is 0 Å². The van der Waals surface area contributed by atoms with Crippen molar-refractivity contribution in [2.45, 2.75) is 24.8 Å². The summed E-state index contributed by atoms with van der Waals surface area (Å²) in [5.74, 6) is -0.554. The molecule has 1 rings (SSSR count). The number of rotatable bonds is 5. The summed E-state index contributed by atoms with van der Waals surface area (Å²) < 4.78 is 36.6. The first-order chi connectivity index (χ1) is 7.45. The van der Waals surface area contributed by atoms with E-state index in [-0.39, 0.29) is 16.7 Å². The third-order valence-corrected chi connectivity index (χ3v) is 4.09. The van der Waals surface area contributed by atoms with Crippen molar-refractivity contribution in [2.75, 3.05) is 12.3 Å². The summed E-state index contributed by atoms with van der Waals surface area (Å²) in [5, 5.41) is 3.01. The van der Waals surface area contributed by atoms with Gasteiger partial charge in [0.1, 0.15) is 5.82 Å². The molecule has 0 aliphatic heterocycles. The van der Waals surface area contributed by atoms with E-state index in [4.69, 9.17) is 0 Å². The highest BCUT2D eigenvalue weighted by Gasteiger charge is 2.18. The van der Waals surface area contributed by atoms with Crippen molar-refractivity contribution in [2.24, 2.45) is 0 Å². The van der Waals surface area contributed by atoms with Crippen LogP contribution in [0, 0.1) is 5.82 Å². The summed E-state index contributed by atoms with van der Waals surface area (Å²) in [6.45, 7) is 4.41. The molecule has 1 atom stereocenters. The van der Waals surface area contributed by atoms with E-state index >= 15 is 0 Å². The minimum atomic E-state index is -3.41. The second kappa shape index (κ2) is 5.41. The first-order valence-electron chi connectivity index (χ1n) is 5.17. The molecule has 0 bridgehead atoms. The first-order valence-corrected chi connectivity index (χ1v) is 6.82. The summed E-state index contributed by atoms with van der Waals surface area (Å²) in [6, 6.07) is 4.95. The van der Waals surface area contributed by atoms with Gasteiger partial charge in [0.05, 0.1) is 10.6 Å². The number of nitrogens with one attached hydrogen (secondary N) is 1. The third kappa shape index (κ3) is 3.57. The fraction of sp³-hybridized carbons (Fsp3) is 0.455. The summed E-state index contributed by atoms with van der Waals surface area (Å²) in [7, 11) is -3.41. The van der Waals surface area contributed by atoms with E-state index in [2.05, 4.69) is 5.32 Å². The van der Waals surface area contributed by atoms with E-state index < -0.39 is 15.7 Å². The highest BCUT2D eigenvalue weighted by molar-refractivity contribution is 7.91. The van der Waals surface area contributed by atoms with Gasteiger partial charge in [-0.25, -0.2) is 12.8 Å². The van der Waals surface area contributed by atoms with E-state index in [0.717, 1.165) is 6.07 Å². The molecule has 5 heteroatoms. The Kier molecular flexibility index (Phi) is 4.44. The minimum absolute atomic E-state index is 0.0235. The van der Waals surface area contributed by atoms with E-state index in [0.29, 0.717) is 6.54 Å². The van der Waals surface area contributed by atoms with Gasteiger partial charge < -0.3 is 5.32 Å². The molecule has 0 saturated carbocycles. The van der Waals surface area contributed by atoms with Crippen LogP contribution in [0.15, 0.2) is 29.2 Å². The predicted octanol–water partition coefficient (Wildman–Crippen LogP) is 1.60. The zero-order valence-electron chi connectivity index (χ0n) is 9.40. The normalized spacial score (nSPS) is 13.7. The van der Waals surface area contributed by atoms with E-state index in [1.807, 2.05) is 6.92 Å². The van der Waals surface area contributed by atoms with Crippen LogP contribution in [0.4, 0.5) is 4.39 Å². The number of hydrogen-bond donors (Lipinski definition) is 1. The number of hydrogen-bond acceptors (Lipinski definition) is 3. The highest BCUT2D eigenvalue weighted by Crippen LogP contribution is 2.13. The molecule has 0 radical (unpaired) electrons. The van der Waals surface area contributed by atoms with Gasteiger partial charge in [0.15, 0.2) is 9.84 Å². The molecule has 0 amide bonds. The molecule has 1 unspecified atom stereocenters. The van der Waals surface area contributed by atoms with Crippen LogP contribution < -0.4 is 5.32 Å². The van der Waals surface area contributed by atoms with Crippen molar-refractivity contribution in [3.05, 3.63) is 30.1 Å². The average molecular weight is 245 g/mol. The molecule has 1 N–H and O–H groups in total. The molecule has 90 valence electrons. The lowest BCUT2D eigenvalue weighted by molar-refractivity contribution is 0.564. The molecule has 0 aliphatic rings. The molecule has 0 aliphatic carbocycles. The van der Waals surface area contributed by atoms with Gasteiger partial charge in [0.2, 0.25) is 0 Å². The summed E-state index contributed by atoms with van der Waals surface area (Å²) >= 11 is 0. The zero-order valence-corrected chi connectivity index (χ0v) is 10.2. The Morgan fingerprint density at radius 2 is 2.12 bits per heavy atom. The van der Waals surface area contributed by atoms with Crippen molar-refractivity contribution in [3.63, 3.8) is 0 Å². The maximum absolute atomic E-state index is 12.9. The zero-order chi connectivity index (χ0) is 12.2. The van der Waals surface area contributed by atoms with Crippen LogP contribution in [0.1, 0.15) is 13.8 Å². The minimum Gasteiger partial charge on any atom is -0.314 e. The van der Waals surface area contributed by atoms with Crippen molar-refractivity contribution >= 4 is 9.84 Å². The lowest BCUT2D eigenvalue weighted by Gasteiger charge is -2.12. The molecule has 0 saturated heterocycles. The molecule has 1 aromatic carbocycles. The SMILES string of the molecule is CCNC(C)CS(=O)(=O)c1cccc(F)c1. The largest absolute Gasteiger partial charge is 0.314 e. The summed E-state index contributed by atoms with van der Waals surface area (Å²) in [6.07, 6.45) is 0. The smallest absolute Gasteiger partial charge is 0.179 e. The van der Waals surface area contributed by atoms with Crippen molar-refractivity contribution in [1.29, 1.82) is 0 Å². The van der Waals surface area contributed by atoms with Gasteiger partial charge in [-0.2, -0.15) is 0 Å². The van der Waals surface area contributed by atoms with Crippen LogP contribution in [0.3, 0.4) is 0 Å². The Balaban J connectivity index is 2.86. The number of halogens is 1. The second-order valence-electron chi connectivity index (χ2n) is 3.70. The van der Waals surface area contributed by atoms with Crippen molar-refractivity contribution < 1.29 is 12.8 Å². The molecule has 0 fully saturated rings. The topological polar surface area (TPSA) is 46.2 Å². The van der Waals surface area contributed by atoms with Crippen LogP contribution in [-0.4, -0.2) is 26.8 Å². The quantitative estimate of drug-likeness (QED) is 0.857. The lowest BCUT2D eigenvalue weighted by atomic mass is 10.3. The number of benzene rings is 1. The first kappa shape index (κ1) is 13.1. The Hall–Kier alpha value is -0.940. The second-order valence-corrected chi connectivity index (χ2v) is 5.73. The van der Waals surface area contributed by atoms with Gasteiger partial charge in [0, 0.05) is 6.04 Å².